The molecular weight excluding hydrogens is 258 g/mol. The van der Waals surface area contributed by atoms with Gasteiger partial charge in [0.1, 0.15) is 0 Å². The van der Waals surface area contributed by atoms with Crippen molar-refractivity contribution in [2.24, 2.45) is 5.84 Å². The molecule has 0 aromatic heterocycles. The van der Waals surface area contributed by atoms with Gasteiger partial charge in [0.25, 0.3) is 5.91 Å². The Morgan fingerprint density at radius 1 is 1.21 bits per heavy atom. The van der Waals surface area contributed by atoms with Crippen LogP contribution in [0.5, 0.6) is 0 Å². The molecule has 0 unspecified atom stereocenters. The van der Waals surface area contributed by atoms with Gasteiger partial charge in [0, 0.05) is 6.54 Å². The monoisotopic (exact) mass is 281 g/mol. The fourth-order valence-corrected chi connectivity index (χ4v) is 2.32. The summed E-state index contributed by atoms with van der Waals surface area (Å²) in [7, 11) is 0. The van der Waals surface area contributed by atoms with Gasteiger partial charge in [-0.25, -0.2) is 0 Å². The summed E-state index contributed by atoms with van der Waals surface area (Å²) in [6.45, 7) is 0.719. The molecule has 0 aliphatic rings. The van der Waals surface area contributed by atoms with Gasteiger partial charge in [-0.3, -0.25) is 10.6 Å². The highest BCUT2D eigenvalue weighted by Gasteiger charge is 2.08. The lowest BCUT2D eigenvalue weighted by atomic mass is 10.1. The van der Waals surface area contributed by atoms with E-state index in [0.29, 0.717) is 11.3 Å². The number of benzene rings is 1. The van der Waals surface area contributed by atoms with E-state index in [1.807, 2.05) is 23.9 Å². The van der Waals surface area contributed by atoms with Crippen LogP contribution >= 0.6 is 11.8 Å². The van der Waals surface area contributed by atoms with Crippen LogP contribution in [-0.4, -0.2) is 24.5 Å². The second kappa shape index (κ2) is 9.69. The van der Waals surface area contributed by atoms with Crippen molar-refractivity contribution in [2.75, 3.05) is 24.0 Å². The predicted molar refractivity (Wildman–Crippen MR) is 83.4 cm³/mol. The maximum absolute atomic E-state index is 11.9. The molecule has 0 saturated carbocycles. The summed E-state index contributed by atoms with van der Waals surface area (Å²) in [5, 5.41) is 2.92. The molecule has 0 aliphatic carbocycles. The fourth-order valence-electron chi connectivity index (χ4n) is 1.83. The van der Waals surface area contributed by atoms with Gasteiger partial charge < -0.3 is 10.7 Å². The minimum absolute atomic E-state index is 0.0716. The number of para-hydroxylation sites is 1. The molecule has 0 saturated heterocycles. The number of nitrogens with two attached hydrogens (primary N) is 1. The molecule has 5 heteroatoms. The van der Waals surface area contributed by atoms with Crippen LogP contribution in [0, 0.1) is 0 Å². The average molecular weight is 281 g/mol. The summed E-state index contributed by atoms with van der Waals surface area (Å²) in [4.78, 5) is 11.9. The second-order valence-electron chi connectivity index (χ2n) is 4.35. The van der Waals surface area contributed by atoms with Crippen LogP contribution in [-0.2, 0) is 0 Å². The van der Waals surface area contributed by atoms with E-state index in [4.69, 9.17) is 5.84 Å². The molecule has 1 amide bonds. The molecular formula is C14H23N3OS. The van der Waals surface area contributed by atoms with Crippen molar-refractivity contribution in [3.63, 3.8) is 0 Å². The average Bonchev–Trinajstić information content (AvgIpc) is 2.46. The number of carbonyl (C=O) groups is 1. The van der Waals surface area contributed by atoms with Gasteiger partial charge in [-0.15, -0.1) is 0 Å². The molecule has 1 rings (SSSR count). The van der Waals surface area contributed by atoms with E-state index < -0.39 is 0 Å². The van der Waals surface area contributed by atoms with E-state index in [1.165, 1.54) is 18.6 Å². The number of hydrogen-bond donors (Lipinski definition) is 3. The zero-order valence-electron chi connectivity index (χ0n) is 11.4. The normalized spacial score (nSPS) is 10.2. The Morgan fingerprint density at radius 3 is 2.68 bits per heavy atom. The van der Waals surface area contributed by atoms with Crippen LogP contribution in [0.15, 0.2) is 24.3 Å². The summed E-state index contributed by atoms with van der Waals surface area (Å²) in [6, 6.07) is 7.23. The van der Waals surface area contributed by atoms with Crippen LogP contribution < -0.4 is 16.6 Å². The number of hydrogen-bond acceptors (Lipinski definition) is 4. The number of rotatable bonds is 9. The van der Waals surface area contributed by atoms with E-state index in [1.54, 1.807) is 12.1 Å². The van der Waals surface area contributed by atoms with Crippen LogP contribution in [0.3, 0.4) is 0 Å². The van der Waals surface area contributed by atoms with Crippen molar-refractivity contribution in [1.29, 1.82) is 0 Å². The van der Waals surface area contributed by atoms with Crippen molar-refractivity contribution in [3.05, 3.63) is 29.8 Å². The Morgan fingerprint density at radius 2 is 1.95 bits per heavy atom. The third-order valence-electron chi connectivity index (χ3n) is 2.89. The largest absolute Gasteiger partial charge is 0.352 e. The van der Waals surface area contributed by atoms with E-state index in [0.717, 1.165) is 19.4 Å². The fraction of sp³-hybridized carbons (Fsp3) is 0.500. The Balaban J connectivity index is 2.24. The smallest absolute Gasteiger partial charge is 0.253 e. The molecule has 0 aliphatic heterocycles. The Bertz CT molecular complexity index is 385. The number of amides is 1. The van der Waals surface area contributed by atoms with Gasteiger partial charge in [0.05, 0.1) is 11.3 Å². The summed E-state index contributed by atoms with van der Waals surface area (Å²) >= 11 is 1.88. The lowest BCUT2D eigenvalue weighted by Gasteiger charge is -2.09. The number of thioether (sulfide) groups is 1. The van der Waals surface area contributed by atoms with Crippen molar-refractivity contribution >= 4 is 23.4 Å². The highest BCUT2D eigenvalue weighted by Crippen LogP contribution is 2.13. The van der Waals surface area contributed by atoms with Crippen LogP contribution in [0.1, 0.15) is 36.0 Å². The molecule has 1 aromatic carbocycles. The summed E-state index contributed by atoms with van der Waals surface area (Å²) < 4.78 is 0. The van der Waals surface area contributed by atoms with Crippen molar-refractivity contribution < 1.29 is 4.79 Å². The first-order chi connectivity index (χ1) is 9.29. The minimum atomic E-state index is -0.0716. The second-order valence-corrected chi connectivity index (χ2v) is 5.34. The van der Waals surface area contributed by atoms with Gasteiger partial charge in [0.2, 0.25) is 0 Å². The molecule has 4 nitrogen and oxygen atoms in total. The zero-order valence-corrected chi connectivity index (χ0v) is 12.3. The van der Waals surface area contributed by atoms with Gasteiger partial charge in [-0.1, -0.05) is 25.0 Å². The molecule has 4 N–H and O–H groups in total. The lowest BCUT2D eigenvalue weighted by Crippen LogP contribution is -2.26. The highest BCUT2D eigenvalue weighted by molar-refractivity contribution is 7.98. The molecule has 0 spiro atoms. The molecule has 1 aromatic rings. The van der Waals surface area contributed by atoms with Crippen molar-refractivity contribution in [1.82, 2.24) is 5.32 Å². The maximum atomic E-state index is 11.9. The van der Waals surface area contributed by atoms with Crippen molar-refractivity contribution in [2.45, 2.75) is 25.7 Å². The predicted octanol–water partition coefficient (Wildman–Crippen LogP) is 2.63. The van der Waals surface area contributed by atoms with Gasteiger partial charge in [-0.2, -0.15) is 11.8 Å². The first-order valence-electron chi connectivity index (χ1n) is 6.62. The topological polar surface area (TPSA) is 67.2 Å². The third-order valence-corrected chi connectivity index (χ3v) is 3.58. The van der Waals surface area contributed by atoms with E-state index in [9.17, 15) is 4.79 Å². The molecule has 0 fully saturated rings. The molecule has 0 bridgehead atoms. The standard InChI is InChI=1S/C14H23N3OS/c1-19-11-7-3-2-6-10-16-14(18)12-8-4-5-9-13(12)17-15/h4-5,8-9,17H,2-3,6-7,10-11,15H2,1H3,(H,16,18). The van der Waals surface area contributed by atoms with E-state index >= 15 is 0 Å². The molecule has 0 heterocycles. The quantitative estimate of drug-likeness (QED) is 0.370. The van der Waals surface area contributed by atoms with E-state index in [-0.39, 0.29) is 5.91 Å². The van der Waals surface area contributed by atoms with Crippen LogP contribution in [0.2, 0.25) is 0 Å². The van der Waals surface area contributed by atoms with Crippen LogP contribution in [0.25, 0.3) is 0 Å². The number of nitrogens with one attached hydrogen (secondary N) is 2. The number of hydrazine groups is 1. The molecule has 0 atom stereocenters. The number of unbranched alkanes of at least 4 members (excludes halogenated alkanes) is 3. The highest BCUT2D eigenvalue weighted by atomic mass is 32.2. The summed E-state index contributed by atoms with van der Waals surface area (Å²) in [5.74, 6) is 6.53. The van der Waals surface area contributed by atoms with Crippen LogP contribution in [0.4, 0.5) is 5.69 Å². The third kappa shape index (κ3) is 5.98. The summed E-state index contributed by atoms with van der Waals surface area (Å²) in [6.07, 6.45) is 6.81. The zero-order chi connectivity index (χ0) is 13.9. The summed E-state index contributed by atoms with van der Waals surface area (Å²) in [5.41, 5.74) is 3.78. The number of carbonyl (C=O) groups excluding carboxylic acids is 1. The molecule has 106 valence electrons. The minimum Gasteiger partial charge on any atom is -0.352 e. The van der Waals surface area contributed by atoms with Crippen molar-refractivity contribution in [3.8, 4) is 0 Å². The number of nitrogen functional groups attached to an aromatic ring is 1. The first-order valence-corrected chi connectivity index (χ1v) is 8.01. The lowest BCUT2D eigenvalue weighted by molar-refractivity contribution is 0.0953. The van der Waals surface area contributed by atoms with E-state index in [2.05, 4.69) is 17.0 Å². The Kier molecular flexibility index (Phi) is 8.09. The number of anilines is 1. The molecule has 0 radical (unpaired) electrons. The first kappa shape index (κ1) is 15.9. The maximum Gasteiger partial charge on any atom is 0.253 e. The Hall–Kier alpha value is -1.20. The van der Waals surface area contributed by atoms with Gasteiger partial charge >= 0.3 is 0 Å². The molecule has 19 heavy (non-hydrogen) atoms. The van der Waals surface area contributed by atoms with Gasteiger partial charge in [0.15, 0.2) is 0 Å². The van der Waals surface area contributed by atoms with Gasteiger partial charge in [-0.05, 0) is 37.0 Å². The SMILES string of the molecule is CSCCCCCCNC(=O)c1ccccc1NN. The Labute approximate surface area is 119 Å².